The molecule has 0 radical (unpaired) electrons. The van der Waals surface area contributed by atoms with E-state index in [2.05, 4.69) is 21.6 Å². The normalized spacial score (nSPS) is 11.6. The first-order valence-electron chi connectivity index (χ1n) is 7.36. The van der Waals surface area contributed by atoms with Crippen molar-refractivity contribution in [1.29, 1.82) is 5.26 Å². The number of aromatic nitrogens is 2. The van der Waals surface area contributed by atoms with Crippen LogP contribution in [0.3, 0.4) is 0 Å². The fraction of sp³-hybridized carbons (Fsp3) is 0.353. The van der Waals surface area contributed by atoms with E-state index in [4.69, 9.17) is 4.74 Å². The van der Waals surface area contributed by atoms with Crippen LogP contribution in [-0.2, 0) is 0 Å². The first-order chi connectivity index (χ1) is 11.0. The van der Waals surface area contributed by atoms with Crippen LogP contribution in [0, 0.1) is 32.1 Å². The van der Waals surface area contributed by atoms with Gasteiger partial charge in [-0.2, -0.15) is 10.4 Å². The molecule has 1 heterocycles. The first kappa shape index (κ1) is 16.7. The van der Waals surface area contributed by atoms with Gasteiger partial charge in [0.15, 0.2) is 5.82 Å². The van der Waals surface area contributed by atoms with Gasteiger partial charge in [-0.15, -0.1) is 5.10 Å². The SMILES string of the molecule is Cc1cccc(OCC(O)CNc2nnc(C)c(C)c2C#N)c1. The van der Waals surface area contributed by atoms with E-state index >= 15 is 0 Å². The number of hydrogen-bond donors (Lipinski definition) is 2. The monoisotopic (exact) mass is 312 g/mol. The summed E-state index contributed by atoms with van der Waals surface area (Å²) in [5.41, 5.74) is 3.05. The number of nitrogens with one attached hydrogen (secondary N) is 1. The summed E-state index contributed by atoms with van der Waals surface area (Å²) in [6.07, 6.45) is -0.731. The Bertz CT molecular complexity index is 725. The van der Waals surface area contributed by atoms with Crippen molar-refractivity contribution >= 4 is 5.82 Å². The van der Waals surface area contributed by atoms with E-state index < -0.39 is 6.10 Å². The van der Waals surface area contributed by atoms with E-state index in [1.165, 1.54) is 0 Å². The maximum absolute atomic E-state index is 10.0. The van der Waals surface area contributed by atoms with Crippen molar-refractivity contribution in [3.63, 3.8) is 0 Å². The Morgan fingerprint density at radius 1 is 1.30 bits per heavy atom. The quantitative estimate of drug-likeness (QED) is 0.849. The summed E-state index contributed by atoms with van der Waals surface area (Å²) in [6, 6.07) is 9.74. The van der Waals surface area contributed by atoms with Crippen molar-refractivity contribution in [1.82, 2.24) is 10.2 Å². The number of rotatable bonds is 6. The Kier molecular flexibility index (Phi) is 5.50. The molecule has 0 aliphatic heterocycles. The Balaban J connectivity index is 1.91. The fourth-order valence-electron chi connectivity index (χ4n) is 2.04. The molecule has 2 N–H and O–H groups in total. The molecule has 0 fully saturated rings. The number of aliphatic hydroxyl groups excluding tert-OH is 1. The zero-order valence-electron chi connectivity index (χ0n) is 13.5. The number of anilines is 1. The summed E-state index contributed by atoms with van der Waals surface area (Å²) >= 11 is 0. The third-order valence-electron chi connectivity index (χ3n) is 3.50. The molecule has 2 aromatic rings. The van der Waals surface area contributed by atoms with Crippen LogP contribution >= 0.6 is 0 Å². The minimum atomic E-state index is -0.731. The summed E-state index contributed by atoms with van der Waals surface area (Å²) in [5, 5.41) is 30.2. The summed E-state index contributed by atoms with van der Waals surface area (Å²) in [6.45, 7) is 5.98. The van der Waals surface area contributed by atoms with Gasteiger partial charge in [0.25, 0.3) is 0 Å². The van der Waals surface area contributed by atoms with E-state index in [9.17, 15) is 10.4 Å². The summed E-state index contributed by atoms with van der Waals surface area (Å²) in [7, 11) is 0. The van der Waals surface area contributed by atoms with Crippen molar-refractivity contribution in [2.45, 2.75) is 26.9 Å². The summed E-state index contributed by atoms with van der Waals surface area (Å²) < 4.78 is 5.55. The first-order valence-corrected chi connectivity index (χ1v) is 7.36. The lowest BCUT2D eigenvalue weighted by atomic mass is 10.1. The molecular weight excluding hydrogens is 292 g/mol. The molecule has 120 valence electrons. The molecule has 0 saturated carbocycles. The van der Waals surface area contributed by atoms with Crippen molar-refractivity contribution in [3.05, 3.63) is 46.6 Å². The fourth-order valence-corrected chi connectivity index (χ4v) is 2.04. The smallest absolute Gasteiger partial charge is 0.167 e. The van der Waals surface area contributed by atoms with E-state index in [-0.39, 0.29) is 13.2 Å². The minimum Gasteiger partial charge on any atom is -0.491 e. The van der Waals surface area contributed by atoms with Crippen LogP contribution in [-0.4, -0.2) is 34.6 Å². The molecule has 1 aromatic carbocycles. The molecule has 1 unspecified atom stereocenters. The molecule has 0 bridgehead atoms. The van der Waals surface area contributed by atoms with E-state index in [1.54, 1.807) is 6.92 Å². The van der Waals surface area contributed by atoms with Crippen molar-refractivity contribution in [2.75, 3.05) is 18.5 Å². The van der Waals surface area contributed by atoms with Gasteiger partial charge in [-0.3, -0.25) is 0 Å². The number of nitrogens with zero attached hydrogens (tertiary/aromatic N) is 3. The van der Waals surface area contributed by atoms with Crippen molar-refractivity contribution in [3.8, 4) is 11.8 Å². The third-order valence-corrected chi connectivity index (χ3v) is 3.50. The van der Waals surface area contributed by atoms with Gasteiger partial charge >= 0.3 is 0 Å². The number of benzene rings is 1. The van der Waals surface area contributed by atoms with Gasteiger partial charge in [0.05, 0.1) is 5.69 Å². The lowest BCUT2D eigenvalue weighted by Gasteiger charge is -2.15. The third kappa shape index (κ3) is 4.41. The maximum Gasteiger partial charge on any atom is 0.167 e. The second kappa shape index (κ2) is 7.56. The van der Waals surface area contributed by atoms with Crippen LogP contribution in [0.5, 0.6) is 5.75 Å². The lowest BCUT2D eigenvalue weighted by Crippen LogP contribution is -2.27. The lowest BCUT2D eigenvalue weighted by molar-refractivity contribution is 0.117. The van der Waals surface area contributed by atoms with Crippen molar-refractivity contribution in [2.24, 2.45) is 0 Å². The van der Waals surface area contributed by atoms with Gasteiger partial charge in [0.1, 0.15) is 30.1 Å². The predicted octanol–water partition coefficient (Wildman–Crippen LogP) is 2.13. The highest BCUT2D eigenvalue weighted by Crippen LogP contribution is 2.17. The highest BCUT2D eigenvalue weighted by Gasteiger charge is 2.12. The van der Waals surface area contributed by atoms with Crippen LogP contribution in [0.1, 0.15) is 22.4 Å². The minimum absolute atomic E-state index is 0.149. The summed E-state index contributed by atoms with van der Waals surface area (Å²) in [4.78, 5) is 0. The second-order valence-electron chi connectivity index (χ2n) is 5.41. The molecule has 0 saturated heterocycles. The number of ether oxygens (including phenoxy) is 1. The Morgan fingerprint density at radius 3 is 2.78 bits per heavy atom. The average Bonchev–Trinajstić information content (AvgIpc) is 2.54. The molecule has 0 spiro atoms. The molecule has 1 atom stereocenters. The van der Waals surface area contributed by atoms with Crippen LogP contribution in [0.4, 0.5) is 5.82 Å². The van der Waals surface area contributed by atoms with Gasteiger partial charge in [-0.25, -0.2) is 0 Å². The number of nitriles is 1. The van der Waals surface area contributed by atoms with E-state index in [0.29, 0.717) is 17.1 Å². The molecule has 6 heteroatoms. The molecule has 1 aromatic heterocycles. The molecule has 0 aliphatic carbocycles. The second-order valence-corrected chi connectivity index (χ2v) is 5.41. The van der Waals surface area contributed by atoms with Gasteiger partial charge in [0.2, 0.25) is 0 Å². The van der Waals surface area contributed by atoms with Crippen LogP contribution in [0.15, 0.2) is 24.3 Å². The molecule has 2 rings (SSSR count). The molecule has 0 aliphatic rings. The van der Waals surface area contributed by atoms with Crippen LogP contribution in [0.25, 0.3) is 0 Å². The highest BCUT2D eigenvalue weighted by molar-refractivity contribution is 5.55. The largest absolute Gasteiger partial charge is 0.491 e. The molecule has 23 heavy (non-hydrogen) atoms. The Morgan fingerprint density at radius 2 is 2.09 bits per heavy atom. The molecule has 0 amide bonds. The number of hydrogen-bond acceptors (Lipinski definition) is 6. The zero-order valence-corrected chi connectivity index (χ0v) is 13.5. The highest BCUT2D eigenvalue weighted by atomic mass is 16.5. The number of aliphatic hydroxyl groups is 1. The van der Waals surface area contributed by atoms with Gasteiger partial charge in [-0.1, -0.05) is 12.1 Å². The number of aryl methyl sites for hydroxylation is 2. The van der Waals surface area contributed by atoms with Gasteiger partial charge in [-0.05, 0) is 44.0 Å². The van der Waals surface area contributed by atoms with Crippen LogP contribution in [0.2, 0.25) is 0 Å². The molecular formula is C17H20N4O2. The molecule has 6 nitrogen and oxygen atoms in total. The van der Waals surface area contributed by atoms with Gasteiger partial charge in [0, 0.05) is 6.54 Å². The predicted molar refractivity (Wildman–Crippen MR) is 87.4 cm³/mol. The Hall–Kier alpha value is -2.65. The maximum atomic E-state index is 10.0. The van der Waals surface area contributed by atoms with E-state index in [1.807, 2.05) is 38.1 Å². The van der Waals surface area contributed by atoms with E-state index in [0.717, 1.165) is 16.8 Å². The van der Waals surface area contributed by atoms with Gasteiger partial charge < -0.3 is 15.2 Å². The van der Waals surface area contributed by atoms with Crippen molar-refractivity contribution < 1.29 is 9.84 Å². The average molecular weight is 312 g/mol. The Labute approximate surface area is 135 Å². The van der Waals surface area contributed by atoms with Crippen LogP contribution < -0.4 is 10.1 Å². The zero-order chi connectivity index (χ0) is 16.8. The standard InChI is InChI=1S/C17H20N4O2/c1-11-5-4-6-15(7-11)23-10-14(22)9-19-17-16(8-18)12(2)13(3)20-21-17/h4-7,14,22H,9-10H2,1-3H3,(H,19,21). The topological polar surface area (TPSA) is 91.1 Å². The summed E-state index contributed by atoms with van der Waals surface area (Å²) in [5.74, 6) is 1.10.